The monoisotopic (exact) mass is 436 g/mol. The van der Waals surface area contributed by atoms with Crippen LogP contribution in [0, 0.1) is 11.2 Å². The quantitative estimate of drug-likeness (QED) is 0.683. The highest BCUT2D eigenvalue weighted by Gasteiger charge is 2.43. The van der Waals surface area contributed by atoms with E-state index < -0.39 is 0 Å². The van der Waals surface area contributed by atoms with E-state index in [1.165, 1.54) is 18.9 Å². The van der Waals surface area contributed by atoms with Crippen molar-refractivity contribution in [2.75, 3.05) is 32.8 Å². The maximum Gasteiger partial charge on any atom is 0.254 e. The van der Waals surface area contributed by atoms with Crippen LogP contribution in [-0.4, -0.2) is 54.6 Å². The van der Waals surface area contributed by atoms with Crippen molar-refractivity contribution < 1.29 is 13.9 Å². The summed E-state index contributed by atoms with van der Waals surface area (Å²) >= 11 is 0. The van der Waals surface area contributed by atoms with E-state index in [0.29, 0.717) is 0 Å². The number of hydrogen-bond donors (Lipinski definition) is 0. The van der Waals surface area contributed by atoms with Crippen molar-refractivity contribution in [3.05, 3.63) is 71.0 Å². The number of halogens is 1. The molecule has 4 nitrogen and oxygen atoms in total. The molecule has 3 saturated heterocycles. The molecule has 1 spiro atoms. The van der Waals surface area contributed by atoms with Crippen LogP contribution >= 0.6 is 0 Å². The summed E-state index contributed by atoms with van der Waals surface area (Å²) in [4.78, 5) is 17.9. The zero-order valence-corrected chi connectivity index (χ0v) is 18.8. The third-order valence-electron chi connectivity index (χ3n) is 7.59. The van der Waals surface area contributed by atoms with Gasteiger partial charge in [0.2, 0.25) is 0 Å². The molecule has 5 heteroatoms. The highest BCUT2D eigenvalue weighted by Crippen LogP contribution is 2.43. The number of benzene rings is 2. The number of carbonyl (C=O) groups excluding carboxylic acids is 1. The summed E-state index contributed by atoms with van der Waals surface area (Å²) in [6.07, 6.45) is 6.36. The SMILES string of the molecule is O=C(c1ccccc1CN1CCCC1)N1CCC2(CC1)COC(Cc1cccc(F)c1)C2. The molecule has 1 amide bonds. The van der Waals surface area contributed by atoms with Crippen molar-refractivity contribution in [1.82, 2.24) is 9.80 Å². The van der Waals surface area contributed by atoms with Crippen molar-refractivity contribution in [2.24, 2.45) is 5.41 Å². The Hall–Kier alpha value is -2.24. The standard InChI is InChI=1S/C27H33FN2O2/c28-23-8-5-6-21(16-23)17-24-18-27(20-32-24)10-14-30(15-11-27)26(31)25-9-2-1-7-22(25)19-29-12-3-4-13-29/h1-2,5-9,16,24H,3-4,10-15,17-20H2. The maximum atomic E-state index is 13.5. The molecule has 1 atom stereocenters. The normalized spacial score (nSPS) is 23.2. The van der Waals surface area contributed by atoms with E-state index in [1.54, 1.807) is 12.1 Å². The molecule has 0 aliphatic carbocycles. The second-order valence-corrected chi connectivity index (χ2v) is 9.90. The molecule has 0 aromatic heterocycles. The van der Waals surface area contributed by atoms with Gasteiger partial charge in [-0.25, -0.2) is 4.39 Å². The molecule has 3 fully saturated rings. The first-order valence-electron chi connectivity index (χ1n) is 12.1. The largest absolute Gasteiger partial charge is 0.377 e. The lowest BCUT2D eigenvalue weighted by atomic mass is 9.76. The predicted octanol–water partition coefficient (Wildman–Crippen LogP) is 4.68. The number of rotatable bonds is 5. The molecule has 2 aromatic carbocycles. The van der Waals surface area contributed by atoms with E-state index >= 15 is 0 Å². The van der Waals surface area contributed by atoms with Crippen LogP contribution in [0.4, 0.5) is 4.39 Å². The van der Waals surface area contributed by atoms with Crippen LogP contribution in [0.25, 0.3) is 0 Å². The van der Waals surface area contributed by atoms with Crippen LogP contribution in [0.15, 0.2) is 48.5 Å². The van der Waals surface area contributed by atoms with Crippen molar-refractivity contribution in [1.29, 1.82) is 0 Å². The van der Waals surface area contributed by atoms with Gasteiger partial charge in [0.25, 0.3) is 5.91 Å². The summed E-state index contributed by atoms with van der Waals surface area (Å²) in [7, 11) is 0. The minimum Gasteiger partial charge on any atom is -0.377 e. The van der Waals surface area contributed by atoms with Crippen molar-refractivity contribution in [3.63, 3.8) is 0 Å². The van der Waals surface area contributed by atoms with Crippen molar-refractivity contribution >= 4 is 5.91 Å². The van der Waals surface area contributed by atoms with Gasteiger partial charge >= 0.3 is 0 Å². The van der Waals surface area contributed by atoms with Crippen LogP contribution in [0.3, 0.4) is 0 Å². The van der Waals surface area contributed by atoms with Crippen LogP contribution in [0.2, 0.25) is 0 Å². The fourth-order valence-electron chi connectivity index (χ4n) is 5.70. The summed E-state index contributed by atoms with van der Waals surface area (Å²) in [5, 5.41) is 0. The average molecular weight is 437 g/mol. The van der Waals surface area contributed by atoms with E-state index in [0.717, 1.165) is 81.7 Å². The molecule has 5 rings (SSSR count). The first-order valence-corrected chi connectivity index (χ1v) is 12.1. The summed E-state index contributed by atoms with van der Waals surface area (Å²) in [5.41, 5.74) is 3.17. The summed E-state index contributed by atoms with van der Waals surface area (Å²) in [6, 6.07) is 15.0. The van der Waals surface area contributed by atoms with E-state index in [1.807, 2.05) is 29.2 Å². The first-order chi connectivity index (χ1) is 15.6. The Morgan fingerprint density at radius 1 is 1.03 bits per heavy atom. The molecule has 0 N–H and O–H groups in total. The minimum atomic E-state index is -0.188. The third-order valence-corrected chi connectivity index (χ3v) is 7.59. The van der Waals surface area contributed by atoms with E-state index in [2.05, 4.69) is 11.0 Å². The van der Waals surface area contributed by atoms with E-state index in [4.69, 9.17) is 4.74 Å². The third kappa shape index (κ3) is 4.74. The second kappa shape index (κ2) is 9.32. The number of nitrogens with zero attached hydrogens (tertiary/aromatic N) is 2. The van der Waals surface area contributed by atoms with Crippen LogP contribution < -0.4 is 0 Å². The molecule has 170 valence electrons. The van der Waals surface area contributed by atoms with Gasteiger partial charge in [0.1, 0.15) is 5.82 Å². The predicted molar refractivity (Wildman–Crippen MR) is 123 cm³/mol. The van der Waals surface area contributed by atoms with Gasteiger partial charge in [-0.3, -0.25) is 9.69 Å². The maximum absolute atomic E-state index is 13.5. The lowest BCUT2D eigenvalue weighted by Crippen LogP contribution is -2.44. The van der Waals surface area contributed by atoms with Gasteiger partial charge in [-0.2, -0.15) is 0 Å². The van der Waals surface area contributed by atoms with Crippen LogP contribution in [0.5, 0.6) is 0 Å². The minimum absolute atomic E-state index is 0.139. The Morgan fingerprint density at radius 2 is 1.81 bits per heavy atom. The summed E-state index contributed by atoms with van der Waals surface area (Å²) in [5.74, 6) is -0.0167. The fourth-order valence-corrected chi connectivity index (χ4v) is 5.70. The van der Waals surface area contributed by atoms with Gasteiger partial charge in [0.05, 0.1) is 12.7 Å². The lowest BCUT2D eigenvalue weighted by Gasteiger charge is -2.38. The van der Waals surface area contributed by atoms with Gasteiger partial charge in [-0.15, -0.1) is 0 Å². The molecule has 0 bridgehead atoms. The molecular formula is C27H33FN2O2. The Kier molecular flexibility index (Phi) is 6.29. The molecule has 1 unspecified atom stereocenters. The molecule has 3 aliphatic heterocycles. The molecule has 2 aromatic rings. The number of amides is 1. The summed E-state index contributed by atoms with van der Waals surface area (Å²) < 4.78 is 19.6. The van der Waals surface area contributed by atoms with Crippen molar-refractivity contribution in [2.45, 2.75) is 51.2 Å². The molecule has 0 saturated carbocycles. The zero-order chi connectivity index (χ0) is 22.0. The molecule has 3 aliphatic rings. The Labute approximate surface area is 190 Å². The number of likely N-dealkylation sites (tertiary alicyclic amines) is 2. The fraction of sp³-hybridized carbons (Fsp3) is 0.519. The second-order valence-electron chi connectivity index (χ2n) is 9.90. The molecule has 3 heterocycles. The van der Waals surface area contributed by atoms with Crippen molar-refractivity contribution in [3.8, 4) is 0 Å². The van der Waals surface area contributed by atoms with Gasteiger partial charge in [0.15, 0.2) is 0 Å². The number of ether oxygens (including phenoxy) is 1. The zero-order valence-electron chi connectivity index (χ0n) is 18.8. The number of piperidine rings is 1. The molecular weight excluding hydrogens is 403 g/mol. The number of carbonyl (C=O) groups is 1. The van der Waals surface area contributed by atoms with Gasteiger partial charge in [0, 0.05) is 25.2 Å². The first kappa shape index (κ1) is 21.6. The summed E-state index contributed by atoms with van der Waals surface area (Å²) in [6.45, 7) is 5.45. The van der Waals surface area contributed by atoms with E-state index in [9.17, 15) is 9.18 Å². The van der Waals surface area contributed by atoms with E-state index in [-0.39, 0.29) is 23.2 Å². The average Bonchev–Trinajstić information content (AvgIpc) is 3.45. The topological polar surface area (TPSA) is 32.8 Å². The molecule has 0 radical (unpaired) electrons. The Balaban J connectivity index is 1.18. The highest BCUT2D eigenvalue weighted by molar-refractivity contribution is 5.95. The highest BCUT2D eigenvalue weighted by atomic mass is 19.1. The Morgan fingerprint density at radius 3 is 2.59 bits per heavy atom. The Bertz CT molecular complexity index is 948. The molecule has 32 heavy (non-hydrogen) atoms. The van der Waals surface area contributed by atoms with Gasteiger partial charge < -0.3 is 9.64 Å². The van der Waals surface area contributed by atoms with Gasteiger partial charge in [-0.1, -0.05) is 30.3 Å². The van der Waals surface area contributed by atoms with Crippen LogP contribution in [-0.2, 0) is 17.7 Å². The number of hydrogen-bond acceptors (Lipinski definition) is 3. The lowest BCUT2D eigenvalue weighted by molar-refractivity contribution is 0.0495. The smallest absolute Gasteiger partial charge is 0.254 e. The van der Waals surface area contributed by atoms with Crippen LogP contribution in [0.1, 0.15) is 53.6 Å². The van der Waals surface area contributed by atoms with Gasteiger partial charge in [-0.05, 0) is 86.4 Å².